The smallest absolute Gasteiger partial charge is 0.264 e. The van der Waals surface area contributed by atoms with E-state index < -0.39 is 5.92 Å². The SMILES string of the molecule is COc1ccc(-c2csc(N3N=C(C)C(c4cc(C)nn4-c4ccccc4)C3=O)n2)cc1. The van der Waals surface area contributed by atoms with E-state index in [1.54, 1.807) is 7.11 Å². The Bertz CT molecular complexity index is 1310. The first-order valence-corrected chi connectivity index (χ1v) is 11.0. The van der Waals surface area contributed by atoms with Gasteiger partial charge in [-0.3, -0.25) is 4.79 Å². The lowest BCUT2D eigenvalue weighted by Crippen LogP contribution is -2.27. The lowest BCUT2D eigenvalue weighted by atomic mass is 10.00. The standard InChI is InChI=1S/C24H21N5O2S/c1-15-13-21(28(26-15)18-7-5-4-6-8-18)22-16(2)27-29(23(22)30)24-25-20(14-32-24)17-9-11-19(31-3)12-10-17/h4-14,22H,1-3H3. The highest BCUT2D eigenvalue weighted by molar-refractivity contribution is 7.14. The Balaban J connectivity index is 1.46. The van der Waals surface area contributed by atoms with Gasteiger partial charge < -0.3 is 4.74 Å². The summed E-state index contributed by atoms with van der Waals surface area (Å²) in [5.74, 6) is 0.146. The van der Waals surface area contributed by atoms with Gasteiger partial charge in [-0.2, -0.15) is 15.2 Å². The quantitative estimate of drug-likeness (QED) is 0.443. The van der Waals surface area contributed by atoms with Crippen LogP contribution in [0.4, 0.5) is 5.13 Å². The van der Waals surface area contributed by atoms with Gasteiger partial charge in [0.25, 0.3) is 5.91 Å². The summed E-state index contributed by atoms with van der Waals surface area (Å²) in [4.78, 5) is 18.1. The topological polar surface area (TPSA) is 72.6 Å². The second-order valence-electron chi connectivity index (χ2n) is 7.53. The molecule has 0 saturated heterocycles. The number of hydrogen-bond donors (Lipinski definition) is 0. The fraction of sp³-hybridized carbons (Fsp3) is 0.167. The lowest BCUT2D eigenvalue weighted by molar-refractivity contribution is -0.118. The second-order valence-corrected chi connectivity index (χ2v) is 8.36. The van der Waals surface area contributed by atoms with Crippen LogP contribution in [0.3, 0.4) is 0 Å². The average Bonchev–Trinajstić information content (AvgIpc) is 3.52. The third kappa shape index (κ3) is 3.48. The Kier molecular flexibility index (Phi) is 5.07. The molecule has 1 amide bonds. The minimum atomic E-state index is -0.509. The van der Waals surface area contributed by atoms with Gasteiger partial charge in [0.2, 0.25) is 5.13 Å². The zero-order valence-electron chi connectivity index (χ0n) is 17.9. The number of hydrazone groups is 1. The highest BCUT2D eigenvalue weighted by Gasteiger charge is 2.39. The molecule has 1 unspecified atom stereocenters. The van der Waals surface area contributed by atoms with E-state index in [4.69, 9.17) is 4.74 Å². The van der Waals surface area contributed by atoms with Crippen LogP contribution >= 0.6 is 11.3 Å². The normalized spacial score (nSPS) is 15.8. The van der Waals surface area contributed by atoms with E-state index in [0.717, 1.165) is 34.1 Å². The van der Waals surface area contributed by atoms with Crippen LogP contribution in [0.15, 0.2) is 71.1 Å². The van der Waals surface area contributed by atoms with E-state index in [1.807, 2.05) is 84.6 Å². The Morgan fingerprint density at radius 1 is 1.03 bits per heavy atom. The maximum absolute atomic E-state index is 13.5. The van der Waals surface area contributed by atoms with Gasteiger partial charge in [-0.1, -0.05) is 18.2 Å². The fourth-order valence-electron chi connectivity index (χ4n) is 3.80. The van der Waals surface area contributed by atoms with Crippen LogP contribution in [-0.2, 0) is 4.79 Å². The summed E-state index contributed by atoms with van der Waals surface area (Å²) in [5, 5.41) is 13.1. The Morgan fingerprint density at radius 3 is 2.50 bits per heavy atom. The van der Waals surface area contributed by atoms with Crippen molar-refractivity contribution in [2.24, 2.45) is 5.10 Å². The fourth-order valence-corrected chi connectivity index (χ4v) is 4.59. The molecule has 1 atom stereocenters. The van der Waals surface area contributed by atoms with E-state index in [2.05, 4.69) is 15.2 Å². The van der Waals surface area contributed by atoms with Gasteiger partial charge in [-0.05, 0) is 56.3 Å². The van der Waals surface area contributed by atoms with Crippen LogP contribution in [0.25, 0.3) is 16.9 Å². The molecule has 0 N–H and O–H groups in total. The van der Waals surface area contributed by atoms with Crippen molar-refractivity contribution in [3.63, 3.8) is 0 Å². The maximum atomic E-state index is 13.5. The summed E-state index contributed by atoms with van der Waals surface area (Å²) >= 11 is 1.39. The van der Waals surface area contributed by atoms with E-state index in [-0.39, 0.29) is 5.91 Å². The van der Waals surface area contributed by atoms with Crippen LogP contribution in [0, 0.1) is 6.92 Å². The number of hydrogen-bond acceptors (Lipinski definition) is 6. The van der Waals surface area contributed by atoms with Crippen molar-refractivity contribution in [2.45, 2.75) is 19.8 Å². The minimum Gasteiger partial charge on any atom is -0.497 e. The lowest BCUT2D eigenvalue weighted by Gasteiger charge is -2.14. The van der Waals surface area contributed by atoms with Crippen LogP contribution in [0.1, 0.15) is 24.2 Å². The van der Waals surface area contributed by atoms with Gasteiger partial charge in [0.15, 0.2) is 0 Å². The molecule has 0 spiro atoms. The number of para-hydroxylation sites is 1. The molecule has 8 heteroatoms. The van der Waals surface area contributed by atoms with E-state index >= 15 is 0 Å². The number of carbonyl (C=O) groups excluding carboxylic acids is 1. The van der Waals surface area contributed by atoms with Crippen molar-refractivity contribution < 1.29 is 9.53 Å². The number of rotatable bonds is 5. The van der Waals surface area contributed by atoms with Crippen LogP contribution in [-0.4, -0.2) is 33.5 Å². The molecule has 160 valence electrons. The predicted molar refractivity (Wildman–Crippen MR) is 126 cm³/mol. The van der Waals surface area contributed by atoms with E-state index in [9.17, 15) is 4.79 Å². The van der Waals surface area contributed by atoms with Crippen LogP contribution < -0.4 is 9.75 Å². The first-order chi connectivity index (χ1) is 15.5. The zero-order chi connectivity index (χ0) is 22.2. The molecule has 2 aromatic heterocycles. The van der Waals surface area contributed by atoms with Crippen molar-refractivity contribution in [1.82, 2.24) is 14.8 Å². The number of methoxy groups -OCH3 is 1. The molecule has 3 heterocycles. The third-order valence-electron chi connectivity index (χ3n) is 5.35. The highest BCUT2D eigenvalue weighted by Crippen LogP contribution is 2.35. The summed E-state index contributed by atoms with van der Waals surface area (Å²) in [6.45, 7) is 3.80. The number of carbonyl (C=O) groups is 1. The van der Waals surface area contributed by atoms with Gasteiger partial charge in [0.1, 0.15) is 11.7 Å². The Morgan fingerprint density at radius 2 is 1.78 bits per heavy atom. The molecule has 4 aromatic rings. The molecule has 1 aliphatic rings. The second kappa shape index (κ2) is 8.05. The number of aromatic nitrogens is 3. The van der Waals surface area contributed by atoms with Gasteiger partial charge in [-0.25, -0.2) is 9.67 Å². The van der Waals surface area contributed by atoms with E-state index in [0.29, 0.717) is 10.8 Å². The third-order valence-corrected chi connectivity index (χ3v) is 6.16. The summed E-state index contributed by atoms with van der Waals surface area (Å²) in [7, 11) is 1.64. The van der Waals surface area contributed by atoms with Crippen molar-refractivity contribution in [3.8, 4) is 22.7 Å². The van der Waals surface area contributed by atoms with Crippen molar-refractivity contribution in [1.29, 1.82) is 0 Å². The van der Waals surface area contributed by atoms with Crippen molar-refractivity contribution in [3.05, 3.63) is 77.4 Å². The first-order valence-electron chi connectivity index (χ1n) is 10.2. The summed E-state index contributed by atoms with van der Waals surface area (Å²) < 4.78 is 7.04. The molecule has 32 heavy (non-hydrogen) atoms. The molecular weight excluding hydrogens is 422 g/mol. The van der Waals surface area contributed by atoms with Gasteiger partial charge >= 0.3 is 0 Å². The number of nitrogens with zero attached hydrogens (tertiary/aromatic N) is 5. The number of thiazole rings is 1. The highest BCUT2D eigenvalue weighted by atomic mass is 32.1. The molecule has 2 aromatic carbocycles. The molecule has 1 aliphatic heterocycles. The van der Waals surface area contributed by atoms with Crippen LogP contribution in [0.5, 0.6) is 5.75 Å². The van der Waals surface area contributed by atoms with E-state index in [1.165, 1.54) is 16.3 Å². The minimum absolute atomic E-state index is 0.129. The average molecular weight is 444 g/mol. The molecule has 7 nitrogen and oxygen atoms in total. The number of ether oxygens (including phenoxy) is 1. The number of benzene rings is 2. The zero-order valence-corrected chi connectivity index (χ0v) is 18.7. The number of aryl methyl sites for hydroxylation is 1. The summed E-state index contributed by atoms with van der Waals surface area (Å²) in [6, 6.07) is 19.4. The summed E-state index contributed by atoms with van der Waals surface area (Å²) in [6.07, 6.45) is 0. The van der Waals surface area contributed by atoms with Crippen LogP contribution in [0.2, 0.25) is 0 Å². The van der Waals surface area contributed by atoms with Gasteiger partial charge in [-0.15, -0.1) is 11.3 Å². The van der Waals surface area contributed by atoms with Crippen molar-refractivity contribution >= 4 is 28.1 Å². The number of anilines is 1. The maximum Gasteiger partial charge on any atom is 0.264 e. The van der Waals surface area contributed by atoms with Gasteiger partial charge in [0, 0.05) is 10.9 Å². The van der Waals surface area contributed by atoms with Gasteiger partial charge in [0.05, 0.1) is 35.6 Å². The molecule has 5 rings (SSSR count). The summed E-state index contributed by atoms with van der Waals surface area (Å²) in [5.41, 5.74) is 5.02. The molecule has 0 fully saturated rings. The molecule has 0 bridgehead atoms. The monoisotopic (exact) mass is 443 g/mol. The number of amides is 1. The molecular formula is C24H21N5O2S. The molecule has 0 radical (unpaired) electrons. The Hall–Kier alpha value is -3.78. The predicted octanol–water partition coefficient (Wildman–Crippen LogP) is 4.82. The molecule has 0 aliphatic carbocycles. The Labute approximate surface area is 189 Å². The molecule has 0 saturated carbocycles. The van der Waals surface area contributed by atoms with Crippen molar-refractivity contribution in [2.75, 3.05) is 12.1 Å². The largest absolute Gasteiger partial charge is 0.497 e. The first kappa shape index (κ1) is 20.1.